The van der Waals surface area contributed by atoms with Crippen LogP contribution in [0.4, 0.5) is 0 Å². The molecule has 3 heteroatoms. The molecule has 1 saturated carbocycles. The maximum atomic E-state index is 11.5. The van der Waals surface area contributed by atoms with Gasteiger partial charge in [0.25, 0.3) is 0 Å². The number of carbonyl (C=O) groups is 1. The molecule has 2 atom stereocenters. The lowest BCUT2D eigenvalue weighted by Gasteiger charge is -2.32. The Balaban J connectivity index is 1.95. The normalized spacial score (nSPS) is 25.6. The maximum absolute atomic E-state index is 11.5. The molecule has 1 fully saturated rings. The van der Waals surface area contributed by atoms with Crippen LogP contribution in [0.2, 0.25) is 0 Å². The third kappa shape index (κ3) is 4.85. The number of methoxy groups -OCH3 is 1. The number of hydrogen-bond donors (Lipinski definition) is 1. The number of ether oxygens (including phenoxy) is 1. The van der Waals surface area contributed by atoms with Crippen molar-refractivity contribution in [2.45, 2.75) is 52.1 Å². The summed E-state index contributed by atoms with van der Waals surface area (Å²) in [4.78, 5) is 11.5. The monoisotopic (exact) mass is 289 g/mol. The predicted octanol–water partition coefficient (Wildman–Crippen LogP) is 3.32. The van der Waals surface area contributed by atoms with E-state index in [0.29, 0.717) is 12.5 Å². The number of carbonyl (C=O) groups excluding carboxylic acids is 1. The molecule has 0 bridgehead atoms. The average Bonchev–Trinajstić information content (AvgIpc) is 2.45. The molecule has 1 N–H and O–H groups in total. The van der Waals surface area contributed by atoms with Gasteiger partial charge in [0, 0.05) is 12.6 Å². The van der Waals surface area contributed by atoms with Crippen LogP contribution in [0.1, 0.15) is 44.2 Å². The van der Waals surface area contributed by atoms with Gasteiger partial charge in [0.05, 0.1) is 13.5 Å². The number of nitrogens with one attached hydrogen (secondary N) is 1. The molecule has 1 aromatic carbocycles. The van der Waals surface area contributed by atoms with Gasteiger partial charge in [-0.1, -0.05) is 38.1 Å². The van der Waals surface area contributed by atoms with Gasteiger partial charge in [-0.15, -0.1) is 0 Å². The second-order valence-corrected chi connectivity index (χ2v) is 6.52. The minimum atomic E-state index is -0.178. The smallest absolute Gasteiger partial charge is 0.309 e. The second-order valence-electron chi connectivity index (χ2n) is 6.52. The Morgan fingerprint density at radius 1 is 1.14 bits per heavy atom. The molecular weight excluding hydrogens is 262 g/mol. The lowest BCUT2D eigenvalue weighted by Crippen LogP contribution is -2.36. The van der Waals surface area contributed by atoms with Crippen LogP contribution >= 0.6 is 0 Å². The van der Waals surface area contributed by atoms with Crippen LogP contribution in [0.3, 0.4) is 0 Å². The van der Waals surface area contributed by atoms with E-state index in [4.69, 9.17) is 4.74 Å². The van der Waals surface area contributed by atoms with Crippen LogP contribution in [0.5, 0.6) is 0 Å². The highest BCUT2D eigenvalue weighted by Crippen LogP contribution is 2.28. The lowest BCUT2D eigenvalue weighted by atomic mass is 9.80. The molecular formula is C18H27NO2. The first kappa shape index (κ1) is 16.0. The quantitative estimate of drug-likeness (QED) is 0.845. The third-order valence-electron chi connectivity index (χ3n) is 4.44. The minimum absolute atomic E-state index is 0.178. The van der Waals surface area contributed by atoms with Gasteiger partial charge in [0.15, 0.2) is 0 Å². The van der Waals surface area contributed by atoms with Crippen molar-refractivity contribution in [3.8, 4) is 0 Å². The molecule has 0 amide bonds. The average molecular weight is 289 g/mol. The van der Waals surface area contributed by atoms with Crippen molar-refractivity contribution in [3.05, 3.63) is 35.4 Å². The molecule has 0 aliphatic heterocycles. The molecule has 116 valence electrons. The first-order valence-electron chi connectivity index (χ1n) is 7.95. The highest BCUT2D eigenvalue weighted by molar-refractivity contribution is 5.72. The molecule has 21 heavy (non-hydrogen) atoms. The van der Waals surface area contributed by atoms with Crippen LogP contribution in [-0.4, -0.2) is 19.1 Å². The van der Waals surface area contributed by atoms with E-state index >= 15 is 0 Å². The molecule has 2 unspecified atom stereocenters. The zero-order chi connectivity index (χ0) is 15.2. The molecule has 0 saturated heterocycles. The van der Waals surface area contributed by atoms with Crippen molar-refractivity contribution in [2.75, 3.05) is 7.11 Å². The van der Waals surface area contributed by atoms with Gasteiger partial charge in [-0.3, -0.25) is 4.79 Å². The minimum Gasteiger partial charge on any atom is -0.469 e. The Bertz CT molecular complexity index is 462. The van der Waals surface area contributed by atoms with E-state index in [9.17, 15) is 4.79 Å². The Morgan fingerprint density at radius 3 is 2.38 bits per heavy atom. The summed E-state index contributed by atoms with van der Waals surface area (Å²) in [5.41, 5.74) is 2.27. The Labute approximate surface area is 128 Å². The summed E-state index contributed by atoms with van der Waals surface area (Å²) >= 11 is 0. The highest BCUT2D eigenvalue weighted by atomic mass is 16.5. The fourth-order valence-corrected chi connectivity index (χ4v) is 3.50. The summed E-state index contributed by atoms with van der Waals surface area (Å²) in [5, 5.41) is 3.68. The molecule has 2 rings (SSSR count). The summed E-state index contributed by atoms with van der Waals surface area (Å²) < 4.78 is 4.77. The summed E-state index contributed by atoms with van der Waals surface area (Å²) in [6.07, 6.45) is 4.20. The van der Waals surface area contributed by atoms with Crippen molar-refractivity contribution in [2.24, 2.45) is 11.8 Å². The van der Waals surface area contributed by atoms with Crippen molar-refractivity contribution >= 4 is 5.97 Å². The molecule has 0 aromatic heterocycles. The van der Waals surface area contributed by atoms with Gasteiger partial charge in [0.2, 0.25) is 0 Å². The predicted molar refractivity (Wildman–Crippen MR) is 85.0 cm³/mol. The van der Waals surface area contributed by atoms with Gasteiger partial charge < -0.3 is 10.1 Å². The number of rotatable bonds is 5. The molecule has 1 aromatic rings. The van der Waals surface area contributed by atoms with Crippen LogP contribution < -0.4 is 5.32 Å². The largest absolute Gasteiger partial charge is 0.469 e. The summed E-state index contributed by atoms with van der Waals surface area (Å²) in [5.74, 6) is 1.43. The third-order valence-corrected chi connectivity index (χ3v) is 4.44. The van der Waals surface area contributed by atoms with Crippen LogP contribution in [0.25, 0.3) is 0 Å². The first-order chi connectivity index (χ1) is 10.1. The van der Waals surface area contributed by atoms with E-state index in [-0.39, 0.29) is 5.97 Å². The van der Waals surface area contributed by atoms with Crippen LogP contribution in [0, 0.1) is 11.8 Å². The second kappa shape index (κ2) is 7.60. The molecule has 0 radical (unpaired) electrons. The molecule has 0 spiro atoms. The van der Waals surface area contributed by atoms with Crippen LogP contribution in [0.15, 0.2) is 24.3 Å². The van der Waals surface area contributed by atoms with Gasteiger partial charge in [-0.2, -0.15) is 0 Å². The van der Waals surface area contributed by atoms with Crippen molar-refractivity contribution in [1.29, 1.82) is 0 Å². The van der Waals surface area contributed by atoms with Crippen molar-refractivity contribution in [3.63, 3.8) is 0 Å². The van der Waals surface area contributed by atoms with Crippen molar-refractivity contribution < 1.29 is 9.53 Å². The van der Waals surface area contributed by atoms with Gasteiger partial charge in [0.1, 0.15) is 0 Å². The van der Waals surface area contributed by atoms with Gasteiger partial charge >= 0.3 is 5.97 Å². The topological polar surface area (TPSA) is 38.3 Å². The number of benzene rings is 1. The number of hydrogen-bond acceptors (Lipinski definition) is 3. The molecule has 3 nitrogen and oxygen atoms in total. The maximum Gasteiger partial charge on any atom is 0.309 e. The fourth-order valence-electron chi connectivity index (χ4n) is 3.50. The summed E-state index contributed by atoms with van der Waals surface area (Å²) in [6, 6.07) is 8.72. The fraction of sp³-hybridized carbons (Fsp3) is 0.611. The van der Waals surface area contributed by atoms with E-state index in [1.165, 1.54) is 31.9 Å². The Kier molecular flexibility index (Phi) is 5.80. The van der Waals surface area contributed by atoms with Crippen LogP contribution in [-0.2, 0) is 22.5 Å². The highest BCUT2D eigenvalue weighted by Gasteiger charge is 2.23. The summed E-state index contributed by atoms with van der Waals surface area (Å²) in [7, 11) is 1.44. The van der Waals surface area contributed by atoms with Gasteiger partial charge in [-0.25, -0.2) is 0 Å². The van der Waals surface area contributed by atoms with E-state index in [2.05, 4.69) is 25.2 Å². The number of esters is 1. The molecule has 1 aliphatic rings. The van der Waals surface area contributed by atoms with E-state index < -0.39 is 0 Å². The van der Waals surface area contributed by atoms with Crippen molar-refractivity contribution in [1.82, 2.24) is 5.32 Å². The Hall–Kier alpha value is -1.35. The Morgan fingerprint density at radius 2 is 1.76 bits per heavy atom. The van der Waals surface area contributed by atoms with E-state index in [0.717, 1.165) is 23.9 Å². The zero-order valence-electron chi connectivity index (χ0n) is 13.4. The standard InChI is InChI=1S/C18H27NO2/c1-13-8-14(2)10-17(9-13)19-12-16-7-5-4-6-15(16)11-18(20)21-3/h4-7,13-14,17,19H,8-12H2,1-3H3. The van der Waals surface area contributed by atoms with Gasteiger partial charge in [-0.05, 0) is 42.2 Å². The molecule has 0 heterocycles. The van der Waals surface area contributed by atoms with E-state index in [1.807, 2.05) is 18.2 Å². The zero-order valence-corrected chi connectivity index (χ0v) is 13.4. The first-order valence-corrected chi connectivity index (χ1v) is 7.95. The SMILES string of the molecule is COC(=O)Cc1ccccc1CNC1CC(C)CC(C)C1. The van der Waals surface area contributed by atoms with E-state index in [1.54, 1.807) is 0 Å². The lowest BCUT2D eigenvalue weighted by molar-refractivity contribution is -0.139. The summed E-state index contributed by atoms with van der Waals surface area (Å²) in [6.45, 7) is 5.52. The molecule has 1 aliphatic carbocycles.